The first kappa shape index (κ1) is 4.96. The molecule has 0 aromatic rings. The zero-order chi connectivity index (χ0) is 4.12. The second-order valence-electron chi connectivity index (χ2n) is 0.781. The molecule has 0 spiro atoms. The maximum absolute atomic E-state index is 4.83. The van der Waals surface area contributed by atoms with Crippen LogP contribution in [0, 0.1) is 0 Å². The normalized spacial score (nSPS) is 8.40. The Labute approximate surface area is 34.4 Å². The minimum Gasteiger partial charge on any atom is -0.382 e. The van der Waals surface area contributed by atoms with Crippen LogP contribution in [0.3, 0.4) is 0 Å². The average Bonchev–Trinajstić information content (AvgIpc) is 1.41. The SMILES string of the molecule is CCOCC.[H+]. The van der Waals surface area contributed by atoms with Crippen LogP contribution in [0.15, 0.2) is 0 Å². The molecule has 0 atom stereocenters. The first-order chi connectivity index (χ1) is 2.41. The van der Waals surface area contributed by atoms with Gasteiger partial charge in [0.1, 0.15) is 0 Å². The van der Waals surface area contributed by atoms with Gasteiger partial charge < -0.3 is 4.74 Å². The summed E-state index contributed by atoms with van der Waals surface area (Å²) in [5.74, 6) is 0. The van der Waals surface area contributed by atoms with E-state index in [9.17, 15) is 0 Å². The lowest BCUT2D eigenvalue weighted by molar-refractivity contribution is 0.162. The van der Waals surface area contributed by atoms with Gasteiger partial charge in [0, 0.05) is 13.2 Å². The molecule has 0 bridgehead atoms. The van der Waals surface area contributed by atoms with Crippen molar-refractivity contribution in [2.75, 3.05) is 13.2 Å². The van der Waals surface area contributed by atoms with E-state index in [0.29, 0.717) is 0 Å². The lowest BCUT2D eigenvalue weighted by Crippen LogP contribution is -1.84. The third kappa shape index (κ3) is 3.96. The zero-order valence-corrected chi connectivity index (χ0v) is 3.82. The standard InChI is InChI=1S/C4H10O/c1-3-5-4-2/h3-4H2,1-2H3/p+1. The number of hydrogen-bond donors (Lipinski definition) is 0. The molecule has 32 valence electrons. The quantitative estimate of drug-likeness (QED) is 0.478. The van der Waals surface area contributed by atoms with Crippen LogP contribution in [-0.4, -0.2) is 13.2 Å². The van der Waals surface area contributed by atoms with Gasteiger partial charge in [-0.15, -0.1) is 0 Å². The number of rotatable bonds is 2. The summed E-state index contributed by atoms with van der Waals surface area (Å²) in [4.78, 5) is 0. The van der Waals surface area contributed by atoms with E-state index in [0.717, 1.165) is 13.2 Å². The molecule has 0 aliphatic heterocycles. The van der Waals surface area contributed by atoms with Crippen LogP contribution in [0.25, 0.3) is 0 Å². The highest BCUT2D eigenvalue weighted by molar-refractivity contribution is 4.07. The van der Waals surface area contributed by atoms with Crippen LogP contribution in [0.2, 0.25) is 0 Å². The predicted molar refractivity (Wildman–Crippen MR) is 23.3 cm³/mol. The van der Waals surface area contributed by atoms with E-state index in [1.54, 1.807) is 0 Å². The van der Waals surface area contributed by atoms with E-state index in [1.165, 1.54) is 0 Å². The average molecular weight is 75.1 g/mol. The van der Waals surface area contributed by atoms with E-state index in [4.69, 9.17) is 4.74 Å². The molecule has 1 nitrogen and oxygen atoms in total. The number of hydrogen-bond acceptors (Lipinski definition) is 1. The van der Waals surface area contributed by atoms with E-state index in [2.05, 4.69) is 0 Å². The smallest absolute Gasteiger partial charge is 0.382 e. The summed E-state index contributed by atoms with van der Waals surface area (Å²) in [6.07, 6.45) is 0. The molecule has 0 aromatic carbocycles. The molecule has 0 N–H and O–H groups in total. The largest absolute Gasteiger partial charge is 1.00 e. The Morgan fingerprint density at radius 2 is 1.80 bits per heavy atom. The van der Waals surface area contributed by atoms with Gasteiger partial charge in [0.2, 0.25) is 0 Å². The summed E-state index contributed by atoms with van der Waals surface area (Å²) in [7, 11) is 0. The van der Waals surface area contributed by atoms with E-state index in [1.807, 2.05) is 13.8 Å². The molecule has 0 rings (SSSR count). The van der Waals surface area contributed by atoms with Gasteiger partial charge in [0.25, 0.3) is 0 Å². The third-order valence-corrected chi connectivity index (χ3v) is 0.408. The summed E-state index contributed by atoms with van der Waals surface area (Å²) >= 11 is 0. The van der Waals surface area contributed by atoms with Crippen molar-refractivity contribution in [3.8, 4) is 0 Å². The van der Waals surface area contributed by atoms with Crippen molar-refractivity contribution in [1.82, 2.24) is 0 Å². The highest BCUT2D eigenvalue weighted by Gasteiger charge is 1.64. The van der Waals surface area contributed by atoms with Crippen LogP contribution in [-0.2, 0) is 4.74 Å². The molecule has 0 aliphatic rings. The first-order valence-corrected chi connectivity index (χ1v) is 1.99. The first-order valence-electron chi connectivity index (χ1n) is 1.99. The van der Waals surface area contributed by atoms with Gasteiger partial charge in [-0.25, -0.2) is 0 Å². The van der Waals surface area contributed by atoms with Gasteiger partial charge in [0.15, 0.2) is 0 Å². The molecule has 0 amide bonds. The Bertz CT molecular complexity index is 15.0. The van der Waals surface area contributed by atoms with Crippen LogP contribution >= 0.6 is 0 Å². The van der Waals surface area contributed by atoms with Gasteiger partial charge in [-0.05, 0) is 13.8 Å². The highest BCUT2D eigenvalue weighted by atomic mass is 16.5. The lowest BCUT2D eigenvalue weighted by atomic mass is 10.8. The number of ether oxygens (including phenoxy) is 1. The maximum atomic E-state index is 4.83. The summed E-state index contributed by atoms with van der Waals surface area (Å²) in [5, 5.41) is 0. The van der Waals surface area contributed by atoms with E-state index >= 15 is 0 Å². The van der Waals surface area contributed by atoms with E-state index in [-0.39, 0.29) is 1.43 Å². The van der Waals surface area contributed by atoms with Crippen molar-refractivity contribution in [3.05, 3.63) is 0 Å². The molecule has 0 saturated heterocycles. The van der Waals surface area contributed by atoms with Gasteiger partial charge in [0.05, 0.1) is 0 Å². The van der Waals surface area contributed by atoms with Gasteiger partial charge in [-0.1, -0.05) is 0 Å². The molecule has 1 heteroatoms. The van der Waals surface area contributed by atoms with Gasteiger partial charge >= 0.3 is 1.43 Å². The molecular weight excluding hydrogens is 64.0 g/mol. The summed E-state index contributed by atoms with van der Waals surface area (Å²) < 4.78 is 4.83. The third-order valence-electron chi connectivity index (χ3n) is 0.408. The van der Waals surface area contributed by atoms with Crippen LogP contribution in [0.1, 0.15) is 15.3 Å². The molecule has 5 heavy (non-hydrogen) atoms. The minimum atomic E-state index is 0. The minimum absolute atomic E-state index is 0. The monoisotopic (exact) mass is 75.1 g/mol. The summed E-state index contributed by atoms with van der Waals surface area (Å²) in [5.41, 5.74) is 0. The van der Waals surface area contributed by atoms with Crippen molar-refractivity contribution in [3.63, 3.8) is 0 Å². The van der Waals surface area contributed by atoms with E-state index < -0.39 is 0 Å². The Kier molecular flexibility index (Phi) is 3.93. The van der Waals surface area contributed by atoms with Crippen molar-refractivity contribution >= 4 is 0 Å². The van der Waals surface area contributed by atoms with Crippen LogP contribution < -0.4 is 0 Å². The Morgan fingerprint density at radius 3 is 1.80 bits per heavy atom. The summed E-state index contributed by atoms with van der Waals surface area (Å²) in [6.45, 7) is 5.67. The maximum Gasteiger partial charge on any atom is 1.00 e. The van der Waals surface area contributed by atoms with Crippen LogP contribution in [0.5, 0.6) is 0 Å². The molecule has 0 saturated carbocycles. The molecular formula is C4H11O+. The molecule has 0 aromatic heterocycles. The van der Waals surface area contributed by atoms with Crippen molar-refractivity contribution in [2.45, 2.75) is 13.8 Å². The Balaban J connectivity index is 0. The molecule has 0 heterocycles. The fourth-order valence-electron chi connectivity index (χ4n) is 0.204. The van der Waals surface area contributed by atoms with Gasteiger partial charge in [-0.2, -0.15) is 0 Å². The summed E-state index contributed by atoms with van der Waals surface area (Å²) in [6, 6.07) is 0. The fraction of sp³-hybridized carbons (Fsp3) is 1.00. The fourth-order valence-corrected chi connectivity index (χ4v) is 0.204. The van der Waals surface area contributed by atoms with Crippen molar-refractivity contribution < 1.29 is 6.16 Å². The highest BCUT2D eigenvalue weighted by Crippen LogP contribution is 1.64. The zero-order valence-electron chi connectivity index (χ0n) is 4.82. The lowest BCUT2D eigenvalue weighted by Gasteiger charge is -1.86. The second kappa shape index (κ2) is 3.96. The molecule has 0 aliphatic carbocycles. The molecule has 0 radical (unpaired) electrons. The molecule has 0 unspecified atom stereocenters. The second-order valence-corrected chi connectivity index (χ2v) is 0.781. The Morgan fingerprint density at radius 1 is 1.40 bits per heavy atom. The van der Waals surface area contributed by atoms with Crippen molar-refractivity contribution in [2.24, 2.45) is 0 Å². The van der Waals surface area contributed by atoms with Gasteiger partial charge in [-0.3, -0.25) is 0 Å². The van der Waals surface area contributed by atoms with Crippen molar-refractivity contribution in [1.29, 1.82) is 0 Å². The van der Waals surface area contributed by atoms with Crippen LogP contribution in [0.4, 0.5) is 0 Å². The predicted octanol–water partition coefficient (Wildman–Crippen LogP) is 1.16. The Hall–Kier alpha value is -0.0400. The molecule has 0 fully saturated rings. The topological polar surface area (TPSA) is 9.23 Å².